The Bertz CT molecular complexity index is 6840. The summed E-state index contributed by atoms with van der Waals surface area (Å²) in [4.78, 5) is 139. The van der Waals surface area contributed by atoms with E-state index in [1.54, 1.807) is 202 Å². The van der Waals surface area contributed by atoms with Crippen LogP contribution in [0.2, 0.25) is 20.6 Å². The van der Waals surface area contributed by atoms with Crippen molar-refractivity contribution in [3.63, 3.8) is 0 Å². The fourth-order valence-electron chi connectivity index (χ4n) is 20.1. The molecule has 0 N–H and O–H groups in total. The van der Waals surface area contributed by atoms with Crippen molar-refractivity contribution in [2.75, 3.05) is 0 Å². The number of hydrogen-bond acceptors (Lipinski definition) is 30. The topological polar surface area (TPSA) is 436 Å². The molecule has 0 unspecified atom stereocenters. The monoisotopic (exact) mass is 1960 g/mol. The molecule has 0 saturated heterocycles. The van der Waals surface area contributed by atoms with Gasteiger partial charge in [0.1, 0.15) is 67.8 Å². The van der Waals surface area contributed by atoms with E-state index >= 15 is 0 Å². The van der Waals surface area contributed by atoms with Gasteiger partial charge in [0.15, 0.2) is 23.1 Å². The molecule has 9 aliphatic rings. The Morgan fingerprint density at radius 1 is 0.374 bits per heavy atom. The zero-order valence-electron chi connectivity index (χ0n) is 77.1. The Morgan fingerprint density at radius 2 is 0.655 bits per heavy atom. The minimum Gasteiger partial charge on any atom is -0.457 e. The first-order chi connectivity index (χ1) is 66.4. The summed E-state index contributed by atoms with van der Waals surface area (Å²) < 4.78 is 54.3. The molecule has 0 amide bonds. The average molecular weight is 1960 g/mol. The number of nitriles is 1. The van der Waals surface area contributed by atoms with Crippen LogP contribution in [-0.4, -0.2) is 158 Å². The number of ketones is 4. The third-order valence-corrected chi connectivity index (χ3v) is 27.9. The van der Waals surface area contributed by atoms with Gasteiger partial charge in [0.2, 0.25) is 6.43 Å². The maximum absolute atomic E-state index is 13.1. The highest BCUT2D eigenvalue weighted by molar-refractivity contribution is 6.31. The molecular formula is C99H94Cl4F2N22O12. The van der Waals surface area contributed by atoms with E-state index in [9.17, 15) is 52.4 Å². The summed E-state index contributed by atoms with van der Waals surface area (Å²) in [5.41, 5.74) is 10.7. The number of aromatic nitrogens is 21. The predicted octanol–water partition coefficient (Wildman–Crippen LogP) is 16.9. The van der Waals surface area contributed by atoms with Crippen LogP contribution in [-0.2, 0) is 98.4 Å². The number of Topliss-reactive ketones (excluding diaryl/α,β-unsaturated/α-hetero) is 4. The van der Waals surface area contributed by atoms with Gasteiger partial charge >= 0.3 is 23.9 Å². The van der Waals surface area contributed by atoms with Gasteiger partial charge in [-0.3, -0.25) is 82.0 Å². The number of pyridine rings is 9. The zero-order chi connectivity index (χ0) is 98.6. The summed E-state index contributed by atoms with van der Waals surface area (Å²) in [7, 11) is 6.75. The molecule has 13 aromatic heterocycles. The first kappa shape index (κ1) is 98.0. The van der Waals surface area contributed by atoms with Gasteiger partial charge in [0, 0.05) is 166 Å². The third-order valence-electron chi connectivity index (χ3n) is 26.6. The summed E-state index contributed by atoms with van der Waals surface area (Å²) in [6, 6.07) is 33.6. The summed E-state index contributed by atoms with van der Waals surface area (Å²) in [6.45, 7) is 9.20. The van der Waals surface area contributed by atoms with E-state index < -0.39 is 60.1 Å². The number of carbonyl (C=O) groups excluding carboxylic acids is 8. The fraction of sp³-hybridized carbons (Fsp3) is 0.374. The van der Waals surface area contributed by atoms with Crippen molar-refractivity contribution in [1.82, 2.24) is 105 Å². The molecule has 9 fully saturated rings. The van der Waals surface area contributed by atoms with Crippen molar-refractivity contribution in [3.8, 4) is 51.6 Å². The number of halogens is 6. The van der Waals surface area contributed by atoms with E-state index in [0.717, 1.165) is 44.1 Å². The smallest absolute Gasteiger partial charge is 0.312 e. The molecule has 40 heteroatoms. The van der Waals surface area contributed by atoms with Crippen molar-refractivity contribution in [3.05, 3.63) is 265 Å². The van der Waals surface area contributed by atoms with Gasteiger partial charge in [0.25, 0.3) is 0 Å². The molecule has 0 aromatic carbocycles. The van der Waals surface area contributed by atoms with E-state index in [4.69, 9.17) is 65.4 Å². The number of esters is 4. The van der Waals surface area contributed by atoms with E-state index in [0.29, 0.717) is 156 Å². The summed E-state index contributed by atoms with van der Waals surface area (Å²) in [5, 5.41) is 43.1. The van der Waals surface area contributed by atoms with Gasteiger partial charge in [-0.2, -0.15) is 5.26 Å². The molecule has 0 spiro atoms. The Kier molecular flexibility index (Phi) is 28.6. The predicted molar refractivity (Wildman–Crippen MR) is 499 cm³/mol. The minimum atomic E-state index is -2.31. The first-order valence-electron chi connectivity index (χ1n) is 44.7. The molecule has 9 aliphatic carbocycles. The molecule has 0 aliphatic heterocycles. The van der Waals surface area contributed by atoms with Crippen LogP contribution in [0.4, 0.5) is 8.78 Å². The highest BCUT2D eigenvalue weighted by Crippen LogP contribution is 2.77. The number of ether oxygens (including phenoxy) is 4. The largest absolute Gasteiger partial charge is 0.457 e. The van der Waals surface area contributed by atoms with Crippen molar-refractivity contribution >= 4 is 93.4 Å². The van der Waals surface area contributed by atoms with Gasteiger partial charge in [-0.05, 0) is 192 Å². The van der Waals surface area contributed by atoms with Crippen molar-refractivity contribution < 1.29 is 66.1 Å². The van der Waals surface area contributed by atoms with Crippen molar-refractivity contribution in [2.24, 2.45) is 60.7 Å². The molecule has 13 aromatic rings. The second-order valence-electron chi connectivity index (χ2n) is 37.2. The van der Waals surface area contributed by atoms with Crippen molar-refractivity contribution in [1.29, 1.82) is 5.26 Å². The van der Waals surface area contributed by atoms with Gasteiger partial charge < -0.3 is 18.9 Å². The van der Waals surface area contributed by atoms with Gasteiger partial charge in [-0.25, -0.2) is 28.7 Å². The van der Waals surface area contributed by atoms with Crippen LogP contribution < -0.4 is 0 Å². The minimum absolute atomic E-state index is 0.00109. The standard InChI is InChI=1S/C25H24ClF2N5O3.C25H23ClN6O3.C25H26ClN5O3.C24H21ClN6O3/c1-14(16-4-3-7-29-22(16)26)36-20(35)8-18-21(31-32-33(18)2)17-6-5-15(10-30-17)19(34)9-24-11-25(12-24,13-24)23(27)28;1-15(17-4-3-7-28-23(17)26)35-21(34)8-19-22(30-31-32(19)2)18-6-5-16(10-29-18)20(33)9-24-11-25(12-24,13-24)14-27;1-15(17-5-4-8-27-23(17)26)34-21(33)9-19-22(29-30-31(19)3)18-7-6-16(11-28-18)20(32)10-25-12-24(2,13-25)14-25;1-15(18-6-4-10-27-24(18)25)34-22(33)12-20-23(29-30-31(20)2)19-8-7-17(14-28-19)21(32)11-16-5-3-9-26-13-16/h3-7,10,14,23H,8-9,11-13H2,1-2H3;3-7,10,15H,8-9,11-13H2,1-2H3;4-8,11,15H,9-10,12-14H2,1-3H3;3-10,13-15H,11-12H2,1-2H3/t14-,24?,25?;2*15-,24?,25?;15-/m1111/s1. The number of rotatable bonds is 33. The second kappa shape index (κ2) is 40.6. The molecular weight excluding hydrogens is 1870 g/mol. The third kappa shape index (κ3) is 21.6. The maximum atomic E-state index is 13.1. The lowest BCUT2D eigenvalue weighted by Crippen LogP contribution is -2.65. The lowest BCUT2D eigenvalue weighted by atomic mass is 9.34. The average Bonchev–Trinajstić information content (AvgIpc) is 1.04. The summed E-state index contributed by atoms with van der Waals surface area (Å²) in [5.74, 6) is -1.90. The Balaban J connectivity index is 0.000000134. The molecule has 139 heavy (non-hydrogen) atoms. The summed E-state index contributed by atoms with van der Waals surface area (Å²) >= 11 is 24.4. The van der Waals surface area contributed by atoms with E-state index in [-0.39, 0.29) is 98.8 Å². The molecule has 714 valence electrons. The normalized spacial score (nSPS) is 20.4. The van der Waals surface area contributed by atoms with Gasteiger partial charge in [0.05, 0.1) is 82.7 Å². The van der Waals surface area contributed by atoms with Gasteiger partial charge in [-0.1, -0.05) is 105 Å². The van der Waals surface area contributed by atoms with Crippen LogP contribution in [0.3, 0.4) is 0 Å². The molecule has 13 heterocycles. The SMILES string of the molecule is C[C@@H](OC(=O)Cc1c(-c2ccc(C(=O)CC34CC(C#N)(C3)C4)cn2)nnn1C)c1cccnc1Cl.C[C@@H](OC(=O)Cc1c(-c2ccc(C(=O)CC34CC(C(F)F)(C3)C4)cn2)nnn1C)c1cccnc1Cl.C[C@@H](OC(=O)Cc1c(-c2ccc(C(=O)CC34CC(C)(C3)C4)cn2)nnn1C)c1cccnc1Cl.C[C@@H](OC(=O)Cc1c(-c2ccc(C(=O)Cc3cccnc3)cn2)nnn1C)c1cccnc1Cl. The highest BCUT2D eigenvalue weighted by Gasteiger charge is 2.72. The molecule has 34 nitrogen and oxygen atoms in total. The van der Waals surface area contributed by atoms with Gasteiger partial charge in [-0.15, -0.1) is 20.4 Å². The fourth-order valence-corrected chi connectivity index (χ4v) is 21.2. The lowest BCUT2D eigenvalue weighted by molar-refractivity contribution is -0.264. The summed E-state index contributed by atoms with van der Waals surface area (Å²) in [6.07, 6.45) is 19.5. The van der Waals surface area contributed by atoms with E-state index in [2.05, 4.69) is 99.1 Å². The molecule has 0 radical (unpaired) electrons. The molecule has 6 bridgehead atoms. The van der Waals surface area contributed by atoms with Crippen LogP contribution in [0.1, 0.15) is 228 Å². The van der Waals surface area contributed by atoms with Crippen LogP contribution in [0.25, 0.3) is 45.6 Å². The second-order valence-corrected chi connectivity index (χ2v) is 38.7. The first-order valence-corrected chi connectivity index (χ1v) is 46.3. The maximum Gasteiger partial charge on any atom is 0.312 e. The Hall–Kier alpha value is -14.0. The number of carbonyl (C=O) groups is 8. The zero-order valence-corrected chi connectivity index (χ0v) is 80.1. The van der Waals surface area contributed by atoms with Crippen LogP contribution in [0.15, 0.2) is 171 Å². The number of nitrogens with zero attached hydrogens (tertiary/aromatic N) is 22. The number of aryl methyl sites for hydroxylation is 4. The molecule has 9 saturated carbocycles. The molecule has 22 rings (SSSR count). The van der Waals surface area contributed by atoms with E-state index in [1.165, 1.54) is 37.3 Å². The number of alkyl halides is 2. The van der Waals surface area contributed by atoms with Crippen LogP contribution >= 0.6 is 46.4 Å². The lowest BCUT2D eigenvalue weighted by Gasteiger charge is -2.70. The Labute approximate surface area is 816 Å². The van der Waals surface area contributed by atoms with Crippen LogP contribution in [0, 0.1) is 43.8 Å². The highest BCUT2D eigenvalue weighted by atomic mass is 35.5. The number of hydrogen-bond donors (Lipinski definition) is 0. The Morgan fingerprint density at radius 3 is 0.906 bits per heavy atom. The van der Waals surface area contributed by atoms with Crippen molar-refractivity contribution in [2.45, 2.75) is 175 Å². The molecule has 4 atom stereocenters. The van der Waals surface area contributed by atoms with E-state index in [1.807, 2.05) is 6.07 Å². The quantitative estimate of drug-likeness (QED) is 0.0159. The van der Waals surface area contributed by atoms with Crippen LogP contribution in [0.5, 0.6) is 0 Å².